The zero-order valence-electron chi connectivity index (χ0n) is 15.4. The van der Waals surface area contributed by atoms with Crippen LogP contribution in [0.2, 0.25) is 0 Å². The third-order valence-corrected chi connectivity index (χ3v) is 5.68. The molecular weight excluding hydrogens is 330 g/mol. The number of nitrogens with one attached hydrogen (secondary N) is 1. The van der Waals surface area contributed by atoms with Crippen molar-refractivity contribution in [2.75, 3.05) is 25.0 Å². The van der Waals surface area contributed by atoms with Gasteiger partial charge >= 0.3 is 0 Å². The highest BCUT2D eigenvalue weighted by atomic mass is 16.5. The maximum absolute atomic E-state index is 12.7. The minimum atomic E-state index is -0.103. The number of carbonyl (C=O) groups excluding carboxylic acids is 1. The molecule has 140 valence electrons. The van der Waals surface area contributed by atoms with Gasteiger partial charge < -0.3 is 15.0 Å². The van der Waals surface area contributed by atoms with Crippen LogP contribution in [0, 0.1) is 0 Å². The van der Waals surface area contributed by atoms with E-state index in [1.54, 1.807) is 10.7 Å². The van der Waals surface area contributed by atoms with Crippen LogP contribution in [0.3, 0.4) is 0 Å². The number of amides is 1. The molecule has 1 aliphatic carbocycles. The van der Waals surface area contributed by atoms with Gasteiger partial charge in [-0.25, -0.2) is 9.50 Å². The molecule has 1 aliphatic heterocycles. The van der Waals surface area contributed by atoms with Crippen molar-refractivity contribution in [1.29, 1.82) is 0 Å². The summed E-state index contributed by atoms with van der Waals surface area (Å²) >= 11 is 0. The predicted molar refractivity (Wildman–Crippen MR) is 99.0 cm³/mol. The van der Waals surface area contributed by atoms with Crippen LogP contribution in [0.25, 0.3) is 5.65 Å². The van der Waals surface area contributed by atoms with E-state index >= 15 is 0 Å². The quantitative estimate of drug-likeness (QED) is 0.860. The Balaban J connectivity index is 1.31. The van der Waals surface area contributed by atoms with Crippen LogP contribution >= 0.6 is 0 Å². The number of hydrogen-bond donors (Lipinski definition) is 1. The molecule has 2 aliphatic rings. The average Bonchev–Trinajstić information content (AvgIpc) is 3.38. The van der Waals surface area contributed by atoms with Crippen LogP contribution in [0.1, 0.15) is 45.4 Å². The van der Waals surface area contributed by atoms with Gasteiger partial charge in [-0.05, 0) is 38.7 Å². The molecular formula is C19H27N5O2. The van der Waals surface area contributed by atoms with Gasteiger partial charge in [-0.15, -0.1) is 0 Å². The van der Waals surface area contributed by atoms with E-state index in [0.717, 1.165) is 43.7 Å². The number of carbonyl (C=O) groups is 1. The molecule has 0 bridgehead atoms. The van der Waals surface area contributed by atoms with Gasteiger partial charge in [-0.1, -0.05) is 12.8 Å². The maximum atomic E-state index is 12.7. The first-order chi connectivity index (χ1) is 12.6. The first-order valence-corrected chi connectivity index (χ1v) is 9.61. The summed E-state index contributed by atoms with van der Waals surface area (Å²) < 4.78 is 7.72. The molecule has 2 fully saturated rings. The van der Waals surface area contributed by atoms with Crippen molar-refractivity contribution >= 4 is 17.4 Å². The number of aromatic nitrogens is 3. The molecule has 26 heavy (non-hydrogen) atoms. The Morgan fingerprint density at radius 1 is 1.35 bits per heavy atom. The second kappa shape index (κ2) is 7.23. The molecule has 4 rings (SSSR count). The van der Waals surface area contributed by atoms with Gasteiger partial charge in [0.25, 0.3) is 0 Å². The highest BCUT2D eigenvalue weighted by Gasteiger charge is 2.33. The Kier molecular flexibility index (Phi) is 4.80. The van der Waals surface area contributed by atoms with Crippen molar-refractivity contribution in [3.63, 3.8) is 0 Å². The SMILES string of the molecule is CC1(OCC(=O)N2CCC[C@@H]2CNc2ccn3nccc3n2)CCCC1. The zero-order chi connectivity index (χ0) is 18.0. The van der Waals surface area contributed by atoms with Crippen molar-refractivity contribution in [2.24, 2.45) is 0 Å². The summed E-state index contributed by atoms with van der Waals surface area (Å²) in [5.41, 5.74) is 0.709. The third kappa shape index (κ3) is 3.67. The van der Waals surface area contributed by atoms with Crippen LogP contribution in [0.4, 0.5) is 5.82 Å². The molecule has 1 N–H and O–H groups in total. The van der Waals surface area contributed by atoms with Crippen LogP contribution < -0.4 is 5.32 Å². The molecule has 1 atom stereocenters. The van der Waals surface area contributed by atoms with E-state index in [9.17, 15) is 4.79 Å². The summed E-state index contributed by atoms with van der Waals surface area (Å²) in [7, 11) is 0. The van der Waals surface area contributed by atoms with Gasteiger partial charge in [0, 0.05) is 31.4 Å². The van der Waals surface area contributed by atoms with Crippen molar-refractivity contribution in [2.45, 2.75) is 57.1 Å². The number of ether oxygens (including phenoxy) is 1. The normalized spacial score (nSPS) is 22.2. The molecule has 0 radical (unpaired) electrons. The first-order valence-electron chi connectivity index (χ1n) is 9.61. The van der Waals surface area contributed by atoms with Gasteiger partial charge in [0.2, 0.25) is 5.91 Å². The Morgan fingerprint density at radius 3 is 3.04 bits per heavy atom. The van der Waals surface area contributed by atoms with E-state index in [2.05, 4.69) is 22.3 Å². The molecule has 0 spiro atoms. The minimum absolute atomic E-state index is 0.103. The fourth-order valence-electron chi connectivity index (χ4n) is 4.10. The van der Waals surface area contributed by atoms with Crippen molar-refractivity contribution in [3.8, 4) is 0 Å². The lowest BCUT2D eigenvalue weighted by Gasteiger charge is -2.28. The molecule has 0 aromatic carbocycles. The van der Waals surface area contributed by atoms with Crippen molar-refractivity contribution in [1.82, 2.24) is 19.5 Å². The van der Waals surface area contributed by atoms with Crippen molar-refractivity contribution < 1.29 is 9.53 Å². The average molecular weight is 357 g/mol. The lowest BCUT2D eigenvalue weighted by Crippen LogP contribution is -2.43. The topological polar surface area (TPSA) is 71.8 Å². The molecule has 2 aromatic heterocycles. The number of likely N-dealkylation sites (tertiary alicyclic amines) is 1. The number of hydrogen-bond acceptors (Lipinski definition) is 5. The predicted octanol–water partition coefficient (Wildman–Crippen LogP) is 2.48. The van der Waals surface area contributed by atoms with E-state index in [1.807, 2.05) is 23.2 Å². The molecule has 1 amide bonds. The summed E-state index contributed by atoms with van der Waals surface area (Å²) in [6.07, 6.45) is 10.2. The largest absolute Gasteiger partial charge is 0.368 e. The van der Waals surface area contributed by atoms with Gasteiger partial charge in [0.15, 0.2) is 5.65 Å². The molecule has 3 heterocycles. The number of rotatable bonds is 6. The maximum Gasteiger partial charge on any atom is 0.248 e. The fourth-order valence-corrected chi connectivity index (χ4v) is 4.10. The minimum Gasteiger partial charge on any atom is -0.368 e. The molecule has 2 aromatic rings. The van der Waals surface area contributed by atoms with E-state index in [-0.39, 0.29) is 24.2 Å². The highest BCUT2D eigenvalue weighted by Crippen LogP contribution is 2.32. The lowest BCUT2D eigenvalue weighted by atomic mass is 10.1. The summed E-state index contributed by atoms with van der Waals surface area (Å²) in [5.74, 6) is 0.925. The molecule has 1 saturated heterocycles. The first kappa shape index (κ1) is 17.3. The van der Waals surface area contributed by atoms with Gasteiger partial charge in [-0.2, -0.15) is 5.10 Å². The van der Waals surface area contributed by atoms with Crippen LogP contribution in [0.5, 0.6) is 0 Å². The Labute approximate surface area is 153 Å². The van der Waals surface area contributed by atoms with Crippen LogP contribution in [-0.2, 0) is 9.53 Å². The van der Waals surface area contributed by atoms with Crippen LogP contribution in [0.15, 0.2) is 24.5 Å². The van der Waals surface area contributed by atoms with E-state index < -0.39 is 0 Å². The monoisotopic (exact) mass is 357 g/mol. The third-order valence-electron chi connectivity index (χ3n) is 5.68. The molecule has 0 unspecified atom stereocenters. The molecule has 7 nitrogen and oxygen atoms in total. The van der Waals surface area contributed by atoms with Gasteiger partial charge in [0.1, 0.15) is 12.4 Å². The van der Waals surface area contributed by atoms with Crippen molar-refractivity contribution in [3.05, 3.63) is 24.5 Å². The molecule has 1 saturated carbocycles. The molecule has 7 heteroatoms. The van der Waals surface area contributed by atoms with E-state index in [0.29, 0.717) is 6.54 Å². The van der Waals surface area contributed by atoms with E-state index in [4.69, 9.17) is 4.74 Å². The number of fused-ring (bicyclic) bond motifs is 1. The van der Waals surface area contributed by atoms with Gasteiger partial charge in [-0.3, -0.25) is 4.79 Å². The second-order valence-corrected chi connectivity index (χ2v) is 7.66. The van der Waals surface area contributed by atoms with Gasteiger partial charge in [0.05, 0.1) is 11.8 Å². The number of anilines is 1. The zero-order valence-corrected chi connectivity index (χ0v) is 15.4. The highest BCUT2D eigenvalue weighted by molar-refractivity contribution is 5.78. The summed E-state index contributed by atoms with van der Waals surface area (Å²) in [5, 5.41) is 7.52. The summed E-state index contributed by atoms with van der Waals surface area (Å²) in [6, 6.07) is 3.98. The Morgan fingerprint density at radius 2 is 2.19 bits per heavy atom. The number of nitrogens with zero attached hydrogens (tertiary/aromatic N) is 4. The second-order valence-electron chi connectivity index (χ2n) is 7.66. The summed E-state index contributed by atoms with van der Waals surface area (Å²) in [4.78, 5) is 19.2. The lowest BCUT2D eigenvalue weighted by molar-refractivity contribution is -0.143. The van der Waals surface area contributed by atoms with E-state index in [1.165, 1.54) is 12.8 Å². The Hall–Kier alpha value is -2.15. The smallest absolute Gasteiger partial charge is 0.248 e. The Bertz CT molecular complexity index is 768. The van der Waals surface area contributed by atoms with Crippen LogP contribution in [-0.4, -0.2) is 56.7 Å². The fraction of sp³-hybridized carbons (Fsp3) is 0.632. The summed E-state index contributed by atoms with van der Waals surface area (Å²) in [6.45, 7) is 3.86. The standard InChI is InChI=1S/C19H27N5O2/c1-19(8-2-3-9-19)26-14-18(25)23-11-4-5-15(23)13-20-16-7-12-24-17(22-16)6-10-21-24/h6-7,10,12,15H,2-5,8-9,11,13-14H2,1H3,(H,20,22)/t15-/m1/s1.